The van der Waals surface area contributed by atoms with Crippen LogP contribution < -0.4 is 21.3 Å². The molecule has 1 fully saturated rings. The van der Waals surface area contributed by atoms with Crippen LogP contribution in [0.3, 0.4) is 0 Å². The van der Waals surface area contributed by atoms with Crippen molar-refractivity contribution in [2.24, 2.45) is 41.4 Å². The van der Waals surface area contributed by atoms with Gasteiger partial charge in [-0.3, -0.25) is 57.5 Å². The molecule has 6 N–H and O–H groups in total. The molecule has 25 heteroatoms. The van der Waals surface area contributed by atoms with Crippen molar-refractivity contribution in [2.45, 2.75) is 229 Å². The van der Waals surface area contributed by atoms with Crippen LogP contribution >= 0.6 is 0 Å². The molecule has 506 valence electrons. The zero-order valence-electron chi connectivity index (χ0n) is 57.8. The normalized spacial score (nSPS) is 26.3. The Morgan fingerprint density at radius 3 is 1.35 bits per heavy atom. The Morgan fingerprint density at radius 2 is 0.899 bits per heavy atom. The molecule has 2 unspecified atom stereocenters. The lowest BCUT2D eigenvalue weighted by Crippen LogP contribution is -2.63. The number of aliphatic hydroxyl groups is 2. The lowest BCUT2D eigenvalue weighted by atomic mass is 9.90. The van der Waals surface area contributed by atoms with E-state index in [1.165, 1.54) is 102 Å². The summed E-state index contributed by atoms with van der Waals surface area (Å²) in [6.45, 7) is 28.0. The number of amides is 11. The highest BCUT2D eigenvalue weighted by Crippen LogP contribution is 2.26. The zero-order chi connectivity index (χ0) is 69.1. The fraction of sp³-hybridized carbons (Fsp3) is 0.781. The van der Waals surface area contributed by atoms with Crippen LogP contribution in [-0.4, -0.2) is 244 Å². The SMILES string of the molecule is CC[C@H]1NC(=O)C([C@@H](O)[C@@H](C)CC(O)C#CC(C)=O)N(C)C(=O)[C@@H](C(C)C)N(C)C(=O)[C@@H](CC(C)C)N(C)C(=O)[C@@H](CC(C)C)N(C)C(=O)[C@@H](C)NC(=O)[C@@H](C)NC(=O)[C@@H](CC(C)C)N(C)C(=O)[C@@H](C(C)C)NC(=O)[C@@H](CC(C)C)N(C)C(=O)CN(C)C1=O. The number of nitrogens with one attached hydrogen (secondary N) is 4. The van der Waals surface area contributed by atoms with Crippen LogP contribution in [0.4, 0.5) is 0 Å². The lowest BCUT2D eigenvalue weighted by molar-refractivity contribution is -0.157. The minimum atomic E-state index is -1.82. The van der Waals surface area contributed by atoms with Gasteiger partial charge in [-0.2, -0.15) is 0 Å². The van der Waals surface area contributed by atoms with Crippen molar-refractivity contribution in [3.05, 3.63) is 0 Å². The van der Waals surface area contributed by atoms with Gasteiger partial charge in [0.15, 0.2) is 0 Å². The Morgan fingerprint density at radius 1 is 0.483 bits per heavy atom. The summed E-state index contributed by atoms with van der Waals surface area (Å²) < 4.78 is 0. The molecule has 0 aliphatic carbocycles. The van der Waals surface area contributed by atoms with Gasteiger partial charge in [-0.1, -0.05) is 103 Å². The Labute approximate surface area is 530 Å². The van der Waals surface area contributed by atoms with E-state index in [0.717, 1.165) is 9.80 Å². The molecule has 1 saturated heterocycles. The van der Waals surface area contributed by atoms with E-state index in [1.54, 1.807) is 34.6 Å². The Balaban J connectivity index is 4.39. The van der Waals surface area contributed by atoms with E-state index >= 15 is 9.59 Å². The maximum atomic E-state index is 15.2. The van der Waals surface area contributed by atoms with E-state index in [4.69, 9.17) is 0 Å². The number of hydrogen-bond acceptors (Lipinski definition) is 14. The van der Waals surface area contributed by atoms with Gasteiger partial charge in [-0.15, -0.1) is 0 Å². The fourth-order valence-electron chi connectivity index (χ4n) is 10.9. The van der Waals surface area contributed by atoms with Gasteiger partial charge in [-0.05, 0) is 99.7 Å². The van der Waals surface area contributed by atoms with Gasteiger partial charge in [0.1, 0.15) is 66.5 Å². The van der Waals surface area contributed by atoms with Crippen LogP contribution in [0.15, 0.2) is 0 Å². The summed E-state index contributed by atoms with van der Waals surface area (Å²) in [5.74, 6) is -6.85. The molecular formula is C64H111N11O14. The largest absolute Gasteiger partial charge is 0.390 e. The predicted octanol–water partition coefficient (Wildman–Crippen LogP) is 1.65. The first-order valence-electron chi connectivity index (χ1n) is 31.4. The summed E-state index contributed by atoms with van der Waals surface area (Å²) >= 11 is 0. The number of likely N-dealkylation sites (N-methyl/N-ethyl adjacent to an activating group) is 7. The fourth-order valence-corrected chi connectivity index (χ4v) is 10.9. The number of ketones is 1. The van der Waals surface area contributed by atoms with Gasteiger partial charge in [0.25, 0.3) is 0 Å². The van der Waals surface area contributed by atoms with E-state index in [1.807, 2.05) is 55.4 Å². The topological polar surface area (TPSA) is 316 Å². The van der Waals surface area contributed by atoms with Gasteiger partial charge in [0.05, 0.1) is 12.6 Å². The molecule has 0 bridgehead atoms. The van der Waals surface area contributed by atoms with Gasteiger partial charge >= 0.3 is 0 Å². The Kier molecular flexibility index (Phi) is 32.7. The first-order chi connectivity index (χ1) is 41.0. The predicted molar refractivity (Wildman–Crippen MR) is 338 cm³/mol. The number of Topliss-reactive ketones (excluding diaryl/α,β-unsaturated/α-hetero) is 1. The highest BCUT2D eigenvalue weighted by Gasteiger charge is 2.46. The molecule has 0 radical (unpaired) electrons. The molecule has 1 aliphatic heterocycles. The number of rotatable bonds is 15. The van der Waals surface area contributed by atoms with Gasteiger partial charge in [0.2, 0.25) is 70.8 Å². The monoisotopic (exact) mass is 1260 g/mol. The highest BCUT2D eigenvalue weighted by molar-refractivity contribution is 6.00. The van der Waals surface area contributed by atoms with Crippen LogP contribution in [0.2, 0.25) is 0 Å². The van der Waals surface area contributed by atoms with Crippen molar-refractivity contribution in [1.29, 1.82) is 0 Å². The third-order valence-corrected chi connectivity index (χ3v) is 16.3. The van der Waals surface area contributed by atoms with E-state index in [0.29, 0.717) is 0 Å². The minimum absolute atomic E-state index is 0.0597. The molecule has 0 saturated carbocycles. The molecule has 0 spiro atoms. The van der Waals surface area contributed by atoms with E-state index < -0.39 is 168 Å². The van der Waals surface area contributed by atoms with Crippen molar-refractivity contribution in [3.63, 3.8) is 0 Å². The quantitative estimate of drug-likeness (QED) is 0.100. The van der Waals surface area contributed by atoms with Gasteiger partial charge in [0, 0.05) is 56.3 Å². The van der Waals surface area contributed by atoms with Crippen LogP contribution in [0.5, 0.6) is 0 Å². The third-order valence-electron chi connectivity index (χ3n) is 16.3. The summed E-state index contributed by atoms with van der Waals surface area (Å²) in [6.07, 6.45) is -3.11. The number of hydrogen-bond donors (Lipinski definition) is 6. The summed E-state index contributed by atoms with van der Waals surface area (Å²) in [6, 6.07) is -13.0. The van der Waals surface area contributed by atoms with Crippen molar-refractivity contribution in [2.75, 3.05) is 55.9 Å². The maximum Gasteiger partial charge on any atom is 0.246 e. The summed E-state index contributed by atoms with van der Waals surface area (Å²) in [5, 5.41) is 33.9. The van der Waals surface area contributed by atoms with Crippen LogP contribution in [-0.2, 0) is 57.5 Å². The van der Waals surface area contributed by atoms with Crippen molar-refractivity contribution < 1.29 is 67.7 Å². The van der Waals surface area contributed by atoms with Crippen LogP contribution in [0.1, 0.15) is 156 Å². The Hall–Kier alpha value is -6.68. The second-order valence-corrected chi connectivity index (χ2v) is 26.9. The number of carbonyl (C=O) groups excluding carboxylic acids is 12. The molecule has 1 rings (SSSR count). The highest BCUT2D eigenvalue weighted by atomic mass is 16.3. The van der Waals surface area contributed by atoms with E-state index in [2.05, 4.69) is 33.1 Å². The van der Waals surface area contributed by atoms with Crippen molar-refractivity contribution in [3.8, 4) is 11.8 Å². The third kappa shape index (κ3) is 23.3. The van der Waals surface area contributed by atoms with Crippen molar-refractivity contribution >= 4 is 70.8 Å². The molecule has 89 heavy (non-hydrogen) atoms. The van der Waals surface area contributed by atoms with Crippen LogP contribution in [0, 0.1) is 53.3 Å². The second kappa shape index (κ2) is 36.2. The summed E-state index contributed by atoms with van der Waals surface area (Å²) in [7, 11) is 9.59. The first kappa shape index (κ1) is 80.3. The minimum Gasteiger partial charge on any atom is -0.390 e. The molecular weight excluding hydrogens is 1150 g/mol. The van der Waals surface area contributed by atoms with Gasteiger partial charge < -0.3 is 65.8 Å². The summed E-state index contributed by atoms with van der Waals surface area (Å²) in [4.78, 5) is 180. The molecule has 1 aliphatic rings. The molecule has 0 aromatic carbocycles. The number of carbonyl (C=O) groups is 12. The number of nitrogens with zero attached hydrogens (tertiary/aromatic N) is 7. The Bertz CT molecular complexity index is 2550. The average molecular weight is 1260 g/mol. The average Bonchev–Trinajstić information content (AvgIpc) is 0.940. The molecule has 25 nitrogen and oxygen atoms in total. The molecule has 0 aromatic heterocycles. The molecule has 0 aromatic rings. The molecule has 1 heterocycles. The smallest absolute Gasteiger partial charge is 0.246 e. The standard InChI is InChI=1S/C64H111N11O14/c1-25-45-60(85)69(18)33-50(78)70(19)46(28-34(2)3)57(82)68-51(38(10)11)63(88)71(20)47(29-35(4)5)56(81)65-42(16)55(80)66-43(17)59(84)72(21)48(30-36(6)7)61(86)73(22)49(31-37(8)9)62(87)74(23)52(39(12)13)64(89)75(24)53(58(83)67-45)54(79)40(14)32-44(77)27-26-41(15)76/h34-40,42-49,51-54,77,79H,25,28-33H2,1-24H3,(H,65,81)(H,66,80)(H,67,83)(H,68,82)/t40-,42+,43+,44?,45+,46+,47+,48+,49+,51+,52+,53?,54-/m0/s1. The number of aliphatic hydroxyl groups excluding tert-OH is 2. The lowest BCUT2D eigenvalue weighted by Gasteiger charge is -2.41. The van der Waals surface area contributed by atoms with Crippen LogP contribution in [0.25, 0.3) is 0 Å². The van der Waals surface area contributed by atoms with E-state index in [-0.39, 0.29) is 62.2 Å². The first-order valence-corrected chi connectivity index (χ1v) is 31.4. The molecule has 11 amide bonds. The van der Waals surface area contributed by atoms with Gasteiger partial charge in [-0.25, -0.2) is 0 Å². The van der Waals surface area contributed by atoms with E-state index in [9.17, 15) is 58.2 Å². The summed E-state index contributed by atoms with van der Waals surface area (Å²) in [5.41, 5.74) is 0. The maximum absolute atomic E-state index is 15.2. The molecule has 13 atom stereocenters. The second-order valence-electron chi connectivity index (χ2n) is 26.9. The zero-order valence-corrected chi connectivity index (χ0v) is 57.8. The van der Waals surface area contributed by atoms with Crippen molar-refractivity contribution in [1.82, 2.24) is 55.6 Å².